The van der Waals surface area contributed by atoms with Crippen LogP contribution >= 0.6 is 0 Å². The minimum atomic E-state index is -1.05. The first kappa shape index (κ1) is 25.7. The molecule has 1 amide bonds. The van der Waals surface area contributed by atoms with E-state index < -0.39 is 11.5 Å². The van der Waals surface area contributed by atoms with Gasteiger partial charge in [-0.1, -0.05) is 62.4 Å². The van der Waals surface area contributed by atoms with Crippen LogP contribution in [-0.4, -0.2) is 29.3 Å². The molecule has 1 aliphatic rings. The monoisotopic (exact) mass is 487 g/mol. The number of aromatic nitrogens is 1. The van der Waals surface area contributed by atoms with Gasteiger partial charge in [-0.2, -0.15) is 0 Å². The Bertz CT molecular complexity index is 1220. The molecule has 36 heavy (non-hydrogen) atoms. The molecule has 1 aromatic heterocycles. The van der Waals surface area contributed by atoms with Crippen LogP contribution in [0.2, 0.25) is 0 Å². The molecule has 4 rings (SSSR count). The molecular weight excluding hydrogens is 453 g/mol. The zero-order valence-corrected chi connectivity index (χ0v) is 21.3. The highest BCUT2D eigenvalue weighted by molar-refractivity contribution is 5.99. The van der Waals surface area contributed by atoms with Gasteiger partial charge in [0.2, 0.25) is 5.91 Å². The third-order valence-electron chi connectivity index (χ3n) is 7.05. The average molecular weight is 488 g/mol. The maximum absolute atomic E-state index is 16.1. The third-order valence-corrected chi connectivity index (χ3v) is 7.05. The van der Waals surface area contributed by atoms with E-state index >= 15 is 4.39 Å². The lowest BCUT2D eigenvalue weighted by atomic mass is 9.77. The van der Waals surface area contributed by atoms with E-state index in [0.29, 0.717) is 34.4 Å². The van der Waals surface area contributed by atoms with E-state index in [1.807, 2.05) is 50.2 Å². The van der Waals surface area contributed by atoms with Crippen molar-refractivity contribution in [2.45, 2.75) is 64.0 Å². The van der Waals surface area contributed by atoms with Crippen LogP contribution in [0.15, 0.2) is 66.9 Å². The van der Waals surface area contributed by atoms with E-state index in [2.05, 4.69) is 15.6 Å². The number of hydrogen-bond donors (Lipinski definition) is 2. The molecule has 2 N–H and O–H groups in total. The van der Waals surface area contributed by atoms with Crippen molar-refractivity contribution in [2.24, 2.45) is 0 Å². The molecule has 0 bridgehead atoms. The summed E-state index contributed by atoms with van der Waals surface area (Å²) in [6.07, 6.45) is 3.23. The van der Waals surface area contributed by atoms with Gasteiger partial charge in [0.05, 0.1) is 17.2 Å². The SMILES string of the molecule is CC(C)c1ccc(C(NC(=O)C2CCCN2)C(=O)C(C)(C)c2ccccn2)c(-c2ccccc2)c1F. The molecule has 1 aliphatic heterocycles. The number of nitrogens with zero attached hydrogens (tertiary/aromatic N) is 1. The van der Waals surface area contributed by atoms with Crippen LogP contribution in [0, 0.1) is 5.82 Å². The third kappa shape index (κ3) is 5.09. The van der Waals surface area contributed by atoms with Crippen molar-refractivity contribution >= 4 is 11.7 Å². The predicted molar refractivity (Wildman–Crippen MR) is 140 cm³/mol. The van der Waals surface area contributed by atoms with Gasteiger partial charge in [0.25, 0.3) is 0 Å². The molecule has 6 heteroatoms. The van der Waals surface area contributed by atoms with Crippen LogP contribution in [0.5, 0.6) is 0 Å². The Balaban J connectivity index is 1.88. The molecule has 0 aliphatic carbocycles. The van der Waals surface area contributed by atoms with Gasteiger partial charge in [-0.3, -0.25) is 14.6 Å². The quantitative estimate of drug-likeness (QED) is 0.442. The first-order valence-corrected chi connectivity index (χ1v) is 12.6. The Kier molecular flexibility index (Phi) is 7.65. The van der Waals surface area contributed by atoms with Crippen LogP contribution < -0.4 is 10.6 Å². The van der Waals surface area contributed by atoms with Crippen molar-refractivity contribution in [1.82, 2.24) is 15.6 Å². The van der Waals surface area contributed by atoms with E-state index in [1.165, 1.54) is 0 Å². The molecular formula is C30H34FN3O2. The lowest BCUT2D eigenvalue weighted by Crippen LogP contribution is -2.48. The molecule has 2 unspecified atom stereocenters. The van der Waals surface area contributed by atoms with E-state index in [0.717, 1.165) is 13.0 Å². The highest BCUT2D eigenvalue weighted by atomic mass is 19.1. The fraction of sp³-hybridized carbons (Fsp3) is 0.367. The molecule has 0 radical (unpaired) electrons. The summed E-state index contributed by atoms with van der Waals surface area (Å²) in [6, 6.07) is 16.7. The number of halogens is 1. The number of ketones is 1. The van der Waals surface area contributed by atoms with Crippen LogP contribution in [0.25, 0.3) is 11.1 Å². The molecule has 1 fully saturated rings. The summed E-state index contributed by atoms with van der Waals surface area (Å²) < 4.78 is 16.1. The maximum Gasteiger partial charge on any atom is 0.237 e. The van der Waals surface area contributed by atoms with E-state index in [4.69, 9.17) is 0 Å². The zero-order valence-electron chi connectivity index (χ0n) is 21.3. The predicted octanol–water partition coefficient (Wildman–Crippen LogP) is 5.47. The number of carbonyl (C=O) groups excluding carboxylic acids is 2. The minimum Gasteiger partial charge on any atom is -0.341 e. The molecule has 2 aromatic carbocycles. The summed E-state index contributed by atoms with van der Waals surface area (Å²) >= 11 is 0. The Morgan fingerprint density at radius 3 is 2.33 bits per heavy atom. The minimum absolute atomic E-state index is 0.0436. The molecule has 5 nitrogen and oxygen atoms in total. The summed E-state index contributed by atoms with van der Waals surface area (Å²) in [5.41, 5.74) is 1.59. The normalized spacial score (nSPS) is 16.7. The summed E-state index contributed by atoms with van der Waals surface area (Å²) in [7, 11) is 0. The molecule has 0 spiro atoms. The van der Waals surface area contributed by atoms with Gasteiger partial charge in [0.1, 0.15) is 11.9 Å². The molecule has 188 valence electrons. The Morgan fingerprint density at radius 2 is 1.72 bits per heavy atom. The van der Waals surface area contributed by atoms with Crippen LogP contribution in [0.4, 0.5) is 4.39 Å². The Morgan fingerprint density at radius 1 is 1.03 bits per heavy atom. The second-order valence-electron chi connectivity index (χ2n) is 10.2. The van der Waals surface area contributed by atoms with Crippen molar-refractivity contribution in [1.29, 1.82) is 0 Å². The molecule has 2 heterocycles. The van der Waals surface area contributed by atoms with Crippen molar-refractivity contribution in [3.63, 3.8) is 0 Å². The van der Waals surface area contributed by atoms with Crippen molar-refractivity contribution in [2.75, 3.05) is 6.54 Å². The topological polar surface area (TPSA) is 71.1 Å². The van der Waals surface area contributed by atoms with E-state index in [-0.39, 0.29) is 29.5 Å². The first-order chi connectivity index (χ1) is 17.2. The summed E-state index contributed by atoms with van der Waals surface area (Å²) in [6.45, 7) is 8.22. The molecule has 0 saturated carbocycles. The summed E-state index contributed by atoms with van der Waals surface area (Å²) in [4.78, 5) is 31.9. The van der Waals surface area contributed by atoms with Crippen LogP contribution in [0.1, 0.15) is 69.3 Å². The standard InChI is InChI=1S/C30H34FN3O2/c1-19(2)21-15-16-22(25(26(21)31)20-11-6-5-7-12-20)27(34-29(36)23-13-10-18-32-23)28(35)30(3,4)24-14-8-9-17-33-24/h5-9,11-12,14-17,19,23,27,32H,10,13,18H2,1-4H3,(H,34,36). The number of amides is 1. The van der Waals surface area contributed by atoms with Gasteiger partial charge in [0.15, 0.2) is 5.78 Å². The number of hydrogen-bond acceptors (Lipinski definition) is 4. The highest BCUT2D eigenvalue weighted by Crippen LogP contribution is 2.38. The summed E-state index contributed by atoms with van der Waals surface area (Å²) in [5, 5.41) is 6.19. The largest absolute Gasteiger partial charge is 0.341 e. The van der Waals surface area contributed by atoms with Crippen LogP contribution in [-0.2, 0) is 15.0 Å². The van der Waals surface area contributed by atoms with Crippen molar-refractivity contribution < 1.29 is 14.0 Å². The van der Waals surface area contributed by atoms with Crippen molar-refractivity contribution in [3.05, 3.63) is 89.5 Å². The number of nitrogens with one attached hydrogen (secondary N) is 2. The molecule has 3 aromatic rings. The van der Waals surface area contributed by atoms with Gasteiger partial charge in [-0.25, -0.2) is 4.39 Å². The molecule has 2 atom stereocenters. The lowest BCUT2D eigenvalue weighted by molar-refractivity contribution is -0.131. The van der Waals surface area contributed by atoms with Crippen LogP contribution in [0.3, 0.4) is 0 Å². The van der Waals surface area contributed by atoms with Gasteiger partial charge in [-0.05, 0) is 68.0 Å². The Hall–Kier alpha value is -3.38. The smallest absolute Gasteiger partial charge is 0.237 e. The number of Topliss-reactive ketones (excluding diaryl/α,β-unsaturated/α-hetero) is 1. The highest BCUT2D eigenvalue weighted by Gasteiger charge is 2.40. The number of rotatable bonds is 8. The zero-order chi connectivity index (χ0) is 25.9. The van der Waals surface area contributed by atoms with Gasteiger partial charge < -0.3 is 10.6 Å². The average Bonchev–Trinajstić information content (AvgIpc) is 3.43. The number of benzene rings is 2. The number of carbonyl (C=O) groups is 2. The second kappa shape index (κ2) is 10.7. The van der Waals surface area contributed by atoms with E-state index in [1.54, 1.807) is 44.3 Å². The Labute approximate surface area is 212 Å². The first-order valence-electron chi connectivity index (χ1n) is 12.6. The van der Waals surface area contributed by atoms with Gasteiger partial charge in [-0.15, -0.1) is 0 Å². The summed E-state index contributed by atoms with van der Waals surface area (Å²) in [5.74, 6) is -0.912. The number of pyridine rings is 1. The van der Waals surface area contributed by atoms with Crippen molar-refractivity contribution in [3.8, 4) is 11.1 Å². The maximum atomic E-state index is 16.1. The van der Waals surface area contributed by atoms with Gasteiger partial charge >= 0.3 is 0 Å². The molecule has 1 saturated heterocycles. The second-order valence-corrected chi connectivity index (χ2v) is 10.2. The van der Waals surface area contributed by atoms with E-state index in [9.17, 15) is 9.59 Å². The lowest BCUT2D eigenvalue weighted by Gasteiger charge is -2.31. The fourth-order valence-corrected chi connectivity index (χ4v) is 4.85. The van der Waals surface area contributed by atoms with Gasteiger partial charge in [0, 0.05) is 11.8 Å². The fourth-order valence-electron chi connectivity index (χ4n) is 4.85.